The van der Waals surface area contributed by atoms with Crippen LogP contribution in [0.4, 0.5) is 22.0 Å². The van der Waals surface area contributed by atoms with Crippen molar-refractivity contribution < 1.29 is 84.2 Å². The summed E-state index contributed by atoms with van der Waals surface area (Å²) in [4.78, 5) is 193. The van der Waals surface area contributed by atoms with Gasteiger partial charge in [-0.15, -0.1) is 0 Å². The molecule has 0 radical (unpaired) electrons. The molecule has 3 N–H and O–H groups in total. The standard InChI is InChI=1S/C77H121F5N12O13/c1-13-47(4)65-73(104)88(8)45-63(97)89(9)56-27-16-15-21-36-93(72(56)103)60(40-49-30-28-46(3)29-31-49)71(102)87(7)44-61(95)83-55(33-32-50-37-53(78)64(54(79)38-50)77(80,81)82)69(100)94-43-52(107-14-2)41-58(94)68(99)85-76(34-22-35-76)75(106)92(12)66(51-25-19-20-26-51)74(105)91(11)59(70(101)86(5)6)42-62(96)90(10)57(67(98)84-65)39-48-23-17-18-24-48/h15-16,46-60,64-66H,13-14,17-45H2,1-12H3,(H,83,95)(H,84,98)(H,85,99)/b16-15-/t46?,47-,49?,50?,52+,53?,54?,55-,56-,57-,58-,59-,60-,64?,65-,66-/m0/s1. The van der Waals surface area contributed by atoms with Gasteiger partial charge in [-0.05, 0) is 126 Å². The van der Waals surface area contributed by atoms with Crippen LogP contribution in [0.2, 0.25) is 0 Å². The van der Waals surface area contributed by atoms with Gasteiger partial charge in [0.2, 0.25) is 70.9 Å². The number of likely N-dealkylation sites (N-methyl/N-ethyl adjacent to an activating group) is 7. The molecular formula is C77H121F5N12O13. The summed E-state index contributed by atoms with van der Waals surface area (Å²) in [5, 5.41) is 8.68. The maximum Gasteiger partial charge on any atom is 0.397 e. The Kier molecular flexibility index (Phi) is 30.1. The van der Waals surface area contributed by atoms with Crippen LogP contribution in [0.1, 0.15) is 195 Å². The molecule has 7 fully saturated rings. The Balaban J connectivity index is 1.20. The summed E-state index contributed by atoms with van der Waals surface area (Å²) in [5.41, 5.74) is -1.64. The van der Waals surface area contributed by atoms with Crippen molar-refractivity contribution in [1.82, 2.24) is 60.0 Å². The molecule has 602 valence electrons. The number of carbonyl (C=O) groups excluding carboxylic acids is 12. The molecular weight excluding hydrogens is 1400 g/mol. The number of amides is 12. The van der Waals surface area contributed by atoms with Crippen molar-refractivity contribution in [2.75, 3.05) is 89.2 Å². The summed E-state index contributed by atoms with van der Waals surface area (Å²) in [6, 6.07) is -10.5. The highest BCUT2D eigenvalue weighted by Gasteiger charge is 2.56. The van der Waals surface area contributed by atoms with E-state index in [0.717, 1.165) is 56.3 Å². The summed E-state index contributed by atoms with van der Waals surface area (Å²) in [7, 11) is 11.5. The molecule has 8 aliphatic rings. The van der Waals surface area contributed by atoms with Gasteiger partial charge in [-0.3, -0.25) is 57.5 Å². The lowest BCUT2D eigenvalue weighted by Crippen LogP contribution is -2.68. The molecule has 2 saturated heterocycles. The number of nitrogens with one attached hydrogen (secondary N) is 3. The fourth-order valence-corrected chi connectivity index (χ4v) is 18.0. The Morgan fingerprint density at radius 2 is 1.24 bits per heavy atom. The van der Waals surface area contributed by atoms with Crippen LogP contribution in [0.3, 0.4) is 0 Å². The van der Waals surface area contributed by atoms with Gasteiger partial charge in [0.1, 0.15) is 72.1 Å². The molecule has 12 amide bonds. The first-order chi connectivity index (χ1) is 50.5. The minimum Gasteiger partial charge on any atom is -0.377 e. The topological polar surface area (TPSA) is 279 Å². The maximum absolute atomic E-state index is 15.6. The lowest BCUT2D eigenvalue weighted by Gasteiger charge is -2.46. The zero-order chi connectivity index (χ0) is 78.7. The Bertz CT molecular complexity index is 3180. The van der Waals surface area contributed by atoms with Crippen molar-refractivity contribution >= 4 is 70.9 Å². The number of hydrogen-bond acceptors (Lipinski definition) is 13. The Morgan fingerprint density at radius 3 is 1.83 bits per heavy atom. The Labute approximate surface area is 628 Å². The summed E-state index contributed by atoms with van der Waals surface area (Å²) in [5.74, 6) is -12.8. The van der Waals surface area contributed by atoms with Crippen LogP contribution in [0.5, 0.6) is 0 Å². The van der Waals surface area contributed by atoms with Gasteiger partial charge in [0.25, 0.3) is 0 Å². The van der Waals surface area contributed by atoms with E-state index in [1.807, 2.05) is 13.0 Å². The number of hydrogen-bond donors (Lipinski definition) is 3. The maximum atomic E-state index is 15.6. The molecule has 25 nitrogen and oxygen atoms in total. The quantitative estimate of drug-likeness (QED) is 0.134. The van der Waals surface area contributed by atoms with Crippen LogP contribution in [0, 0.1) is 41.4 Å². The predicted molar refractivity (Wildman–Crippen MR) is 388 cm³/mol. The van der Waals surface area contributed by atoms with E-state index in [0.29, 0.717) is 50.9 Å². The zero-order valence-electron chi connectivity index (χ0n) is 65.2. The number of alkyl halides is 5. The number of fused-ring (bicyclic) bond motifs is 3. The largest absolute Gasteiger partial charge is 0.397 e. The molecule has 3 aliphatic heterocycles. The van der Waals surface area contributed by atoms with E-state index in [1.54, 1.807) is 19.9 Å². The average Bonchev–Trinajstić information content (AvgIpc) is 1.48. The first-order valence-corrected chi connectivity index (χ1v) is 39.4. The third-order valence-corrected chi connectivity index (χ3v) is 25.1. The second kappa shape index (κ2) is 37.6. The summed E-state index contributed by atoms with van der Waals surface area (Å²) >= 11 is 0. The second-order valence-corrected chi connectivity index (χ2v) is 32.8. The molecule has 1 spiro atoms. The van der Waals surface area contributed by atoms with E-state index in [9.17, 15) is 32.3 Å². The Morgan fingerprint density at radius 1 is 0.636 bits per heavy atom. The lowest BCUT2D eigenvalue weighted by molar-refractivity contribution is -0.219. The first-order valence-electron chi connectivity index (χ1n) is 39.4. The van der Waals surface area contributed by atoms with Crippen LogP contribution in [-0.2, 0) is 62.3 Å². The fourth-order valence-electron chi connectivity index (χ4n) is 18.0. The molecule has 0 aromatic rings. The van der Waals surface area contributed by atoms with Crippen LogP contribution in [0.25, 0.3) is 0 Å². The van der Waals surface area contributed by atoms with Gasteiger partial charge in [-0.25, -0.2) is 8.78 Å². The van der Waals surface area contributed by atoms with Gasteiger partial charge < -0.3 is 64.8 Å². The normalized spacial score (nSPS) is 32.9. The van der Waals surface area contributed by atoms with Gasteiger partial charge in [-0.2, -0.15) is 13.2 Å². The highest BCUT2D eigenvalue weighted by molar-refractivity contribution is 6.01. The SMILES string of the molecule is CCO[C@@H]1C[C@H]2C(=O)NC3(CCC3)C(=O)N(C)[C@@H](C3CCCC3)C(=O)N(C)[C@H](C(=O)N(C)C)CC(=O)N(C)[C@@H](CC3CCCC3)C(=O)N[C@@H]([C@@H](C)CC)C(=O)N(C)CC(=O)N(C)[C@H]3C/C=C\CCN(C3=O)[C@@H](CC3CCC(C)CC3)C(=O)N(C)CC(=O)N[C@@H](CCC3CC(F)C(C(F)(F)F)C(F)C3)C(=O)N2C1. The first kappa shape index (κ1) is 85.6. The van der Waals surface area contributed by atoms with Gasteiger partial charge in [0.05, 0.1) is 25.6 Å². The molecule has 5 saturated carbocycles. The third-order valence-electron chi connectivity index (χ3n) is 25.1. The molecule has 3 heterocycles. The van der Waals surface area contributed by atoms with E-state index in [4.69, 9.17) is 4.74 Å². The Hall–Kier alpha value is -7.01. The molecule has 0 aromatic carbocycles. The van der Waals surface area contributed by atoms with Gasteiger partial charge in [0, 0.05) is 82.5 Å². The molecule has 8 rings (SSSR count). The van der Waals surface area contributed by atoms with Crippen molar-refractivity contribution in [2.45, 2.75) is 273 Å². The monoisotopic (exact) mass is 1520 g/mol. The number of halogens is 5. The fraction of sp³-hybridized carbons (Fsp3) is 0.818. The van der Waals surface area contributed by atoms with Crippen molar-refractivity contribution in [1.29, 1.82) is 0 Å². The second-order valence-electron chi connectivity index (χ2n) is 32.8. The van der Waals surface area contributed by atoms with Crippen molar-refractivity contribution in [3.63, 3.8) is 0 Å². The molecule has 12 atom stereocenters. The lowest BCUT2D eigenvalue weighted by atomic mass is 9.74. The number of rotatable bonds is 13. The van der Waals surface area contributed by atoms with E-state index in [-0.39, 0.29) is 82.9 Å². The summed E-state index contributed by atoms with van der Waals surface area (Å²) < 4.78 is 79.0. The zero-order valence-corrected chi connectivity index (χ0v) is 65.2. The summed E-state index contributed by atoms with van der Waals surface area (Å²) in [6.45, 7) is 6.12. The summed E-state index contributed by atoms with van der Waals surface area (Å²) in [6.07, 6.45) is 0.373. The molecule has 107 heavy (non-hydrogen) atoms. The third kappa shape index (κ3) is 20.7. The van der Waals surface area contributed by atoms with Crippen LogP contribution in [-0.4, -0.2) is 283 Å². The van der Waals surface area contributed by atoms with Crippen molar-refractivity contribution in [3.8, 4) is 0 Å². The number of ether oxygens (including phenoxy) is 1. The number of nitrogens with zero attached hydrogens (tertiary/aromatic N) is 9. The van der Waals surface area contributed by atoms with Crippen LogP contribution < -0.4 is 16.0 Å². The van der Waals surface area contributed by atoms with Gasteiger partial charge in [0.15, 0.2) is 0 Å². The van der Waals surface area contributed by atoms with Crippen molar-refractivity contribution in [2.24, 2.45) is 41.4 Å². The van der Waals surface area contributed by atoms with Crippen LogP contribution in [0.15, 0.2) is 12.2 Å². The highest BCUT2D eigenvalue weighted by Crippen LogP contribution is 2.45. The minimum atomic E-state index is -5.17. The smallest absolute Gasteiger partial charge is 0.377 e. The molecule has 2 bridgehead atoms. The predicted octanol–water partition coefficient (Wildman–Crippen LogP) is 6.34. The van der Waals surface area contributed by atoms with E-state index in [1.165, 1.54) is 95.6 Å². The van der Waals surface area contributed by atoms with Gasteiger partial charge >= 0.3 is 6.18 Å². The molecule has 2 unspecified atom stereocenters. The van der Waals surface area contributed by atoms with E-state index in [2.05, 4.69) is 22.9 Å². The van der Waals surface area contributed by atoms with Crippen molar-refractivity contribution in [3.05, 3.63) is 12.2 Å². The number of carbonyl (C=O) groups is 12. The average molecular weight is 1520 g/mol. The van der Waals surface area contributed by atoms with E-state index >= 15 is 47.1 Å². The molecule has 30 heteroatoms. The molecule has 5 aliphatic carbocycles. The van der Waals surface area contributed by atoms with Gasteiger partial charge in [-0.1, -0.05) is 104 Å². The minimum absolute atomic E-state index is 0.00881. The van der Waals surface area contributed by atoms with Crippen LogP contribution >= 0.6 is 0 Å². The molecule has 0 aromatic heterocycles. The van der Waals surface area contributed by atoms with E-state index < -0.39 is 205 Å². The highest BCUT2D eigenvalue weighted by atomic mass is 19.4.